The summed E-state index contributed by atoms with van der Waals surface area (Å²) in [6, 6.07) is 0. The summed E-state index contributed by atoms with van der Waals surface area (Å²) < 4.78 is 5.56. The van der Waals surface area contributed by atoms with Crippen molar-refractivity contribution in [3.8, 4) is 0 Å². The van der Waals surface area contributed by atoms with Crippen LogP contribution in [0.2, 0.25) is 0 Å². The molecule has 0 bridgehead atoms. The van der Waals surface area contributed by atoms with Crippen molar-refractivity contribution in [3.05, 3.63) is 0 Å². The molecule has 134 valence electrons. The number of amides is 1. The van der Waals surface area contributed by atoms with Gasteiger partial charge in [0.1, 0.15) is 5.60 Å². The monoisotopic (exact) mass is 325 g/mol. The predicted octanol–water partition coefficient (Wildman–Crippen LogP) is 2.80. The van der Waals surface area contributed by atoms with E-state index >= 15 is 0 Å². The molecular formula is C18H35N3O2. The smallest absolute Gasteiger partial charge is 0.410 e. The number of likely N-dealkylation sites (tertiary alicyclic amines) is 1. The highest BCUT2D eigenvalue weighted by molar-refractivity contribution is 5.68. The molecule has 2 rings (SSSR count). The zero-order valence-corrected chi connectivity index (χ0v) is 15.7. The van der Waals surface area contributed by atoms with Crippen molar-refractivity contribution < 1.29 is 9.53 Å². The summed E-state index contributed by atoms with van der Waals surface area (Å²) in [5, 5.41) is 0. The first kappa shape index (κ1) is 18.5. The van der Waals surface area contributed by atoms with Gasteiger partial charge < -0.3 is 14.5 Å². The standard InChI is InChI=1S/C18H35N3O2/c1-6-18(21-14-12-19(5)13-15-21)8-7-10-20(11-9-18)16(22)23-17(2,3)4/h6-15H2,1-5H3. The number of carbonyl (C=O) groups is 1. The fraction of sp³-hybridized carbons (Fsp3) is 0.944. The van der Waals surface area contributed by atoms with Crippen LogP contribution in [0.15, 0.2) is 0 Å². The molecule has 0 aliphatic carbocycles. The lowest BCUT2D eigenvalue weighted by atomic mass is 9.85. The molecule has 1 unspecified atom stereocenters. The molecule has 0 aromatic heterocycles. The van der Waals surface area contributed by atoms with E-state index in [4.69, 9.17) is 4.74 Å². The molecule has 0 aromatic rings. The highest BCUT2D eigenvalue weighted by Crippen LogP contribution is 2.33. The van der Waals surface area contributed by atoms with Crippen molar-refractivity contribution in [1.82, 2.24) is 14.7 Å². The predicted molar refractivity (Wildman–Crippen MR) is 93.8 cm³/mol. The maximum Gasteiger partial charge on any atom is 0.410 e. The molecule has 5 nitrogen and oxygen atoms in total. The lowest BCUT2D eigenvalue weighted by Gasteiger charge is -2.47. The maximum absolute atomic E-state index is 12.4. The summed E-state index contributed by atoms with van der Waals surface area (Å²) in [7, 11) is 2.20. The molecule has 1 amide bonds. The Hall–Kier alpha value is -0.810. The van der Waals surface area contributed by atoms with E-state index < -0.39 is 5.60 Å². The van der Waals surface area contributed by atoms with E-state index in [-0.39, 0.29) is 11.6 Å². The third-order valence-electron chi connectivity index (χ3n) is 5.40. The number of hydrogen-bond acceptors (Lipinski definition) is 4. The normalized spacial score (nSPS) is 28.5. The van der Waals surface area contributed by atoms with Gasteiger partial charge in [-0.1, -0.05) is 6.92 Å². The molecular weight excluding hydrogens is 290 g/mol. The van der Waals surface area contributed by atoms with Gasteiger partial charge in [0.2, 0.25) is 0 Å². The minimum Gasteiger partial charge on any atom is -0.444 e. The Bertz CT molecular complexity index is 400. The Labute approximate surface area is 141 Å². The largest absolute Gasteiger partial charge is 0.444 e. The van der Waals surface area contributed by atoms with Crippen LogP contribution in [-0.4, -0.2) is 78.2 Å². The highest BCUT2D eigenvalue weighted by Gasteiger charge is 2.38. The molecule has 0 spiro atoms. The minimum atomic E-state index is -0.414. The Balaban J connectivity index is 1.99. The third kappa shape index (κ3) is 4.83. The van der Waals surface area contributed by atoms with Crippen LogP contribution in [0.1, 0.15) is 53.4 Å². The van der Waals surface area contributed by atoms with Crippen molar-refractivity contribution >= 4 is 6.09 Å². The van der Waals surface area contributed by atoms with E-state index in [1.807, 2.05) is 25.7 Å². The van der Waals surface area contributed by atoms with Gasteiger partial charge in [0.25, 0.3) is 0 Å². The van der Waals surface area contributed by atoms with Crippen LogP contribution in [0.25, 0.3) is 0 Å². The van der Waals surface area contributed by atoms with Gasteiger partial charge in [0.05, 0.1) is 0 Å². The van der Waals surface area contributed by atoms with Gasteiger partial charge in [-0.2, -0.15) is 0 Å². The first-order valence-corrected chi connectivity index (χ1v) is 9.17. The molecule has 2 fully saturated rings. The lowest BCUT2D eigenvalue weighted by Crippen LogP contribution is -2.56. The second-order valence-electron chi connectivity index (χ2n) is 8.19. The molecule has 0 radical (unpaired) electrons. The molecule has 0 aromatic carbocycles. The number of hydrogen-bond donors (Lipinski definition) is 0. The van der Waals surface area contributed by atoms with Crippen LogP contribution in [0.5, 0.6) is 0 Å². The number of likely N-dealkylation sites (N-methyl/N-ethyl adjacent to an activating group) is 1. The topological polar surface area (TPSA) is 36.0 Å². The first-order chi connectivity index (χ1) is 10.8. The van der Waals surface area contributed by atoms with Crippen molar-refractivity contribution in [2.24, 2.45) is 0 Å². The molecule has 2 aliphatic rings. The summed E-state index contributed by atoms with van der Waals surface area (Å²) in [6.07, 6.45) is 4.33. The molecule has 23 heavy (non-hydrogen) atoms. The molecule has 0 N–H and O–H groups in total. The highest BCUT2D eigenvalue weighted by atomic mass is 16.6. The second-order valence-corrected chi connectivity index (χ2v) is 8.19. The van der Waals surface area contributed by atoms with E-state index in [9.17, 15) is 4.79 Å². The zero-order chi connectivity index (χ0) is 17.1. The van der Waals surface area contributed by atoms with Crippen LogP contribution in [0, 0.1) is 0 Å². The number of nitrogens with zero attached hydrogens (tertiary/aromatic N) is 3. The Morgan fingerprint density at radius 3 is 2.26 bits per heavy atom. The third-order valence-corrected chi connectivity index (χ3v) is 5.40. The fourth-order valence-corrected chi connectivity index (χ4v) is 3.86. The summed E-state index contributed by atoms with van der Waals surface area (Å²) in [5.74, 6) is 0. The Morgan fingerprint density at radius 1 is 1.04 bits per heavy atom. The molecule has 5 heteroatoms. The quantitative estimate of drug-likeness (QED) is 0.782. The van der Waals surface area contributed by atoms with E-state index in [0.29, 0.717) is 0 Å². The van der Waals surface area contributed by atoms with Crippen LogP contribution in [0.4, 0.5) is 4.79 Å². The van der Waals surface area contributed by atoms with Crippen LogP contribution >= 0.6 is 0 Å². The van der Waals surface area contributed by atoms with Gasteiger partial charge in [-0.15, -0.1) is 0 Å². The molecule has 2 heterocycles. The van der Waals surface area contributed by atoms with Gasteiger partial charge in [-0.25, -0.2) is 4.79 Å². The summed E-state index contributed by atoms with van der Waals surface area (Å²) in [5.41, 5.74) is -0.152. The van der Waals surface area contributed by atoms with Crippen LogP contribution in [0.3, 0.4) is 0 Å². The van der Waals surface area contributed by atoms with Gasteiger partial charge in [0.15, 0.2) is 0 Å². The van der Waals surface area contributed by atoms with Gasteiger partial charge in [-0.05, 0) is 53.5 Å². The minimum absolute atomic E-state index is 0.150. The van der Waals surface area contributed by atoms with Gasteiger partial charge in [-0.3, -0.25) is 4.90 Å². The SMILES string of the molecule is CCC1(N2CCN(C)CC2)CCCN(C(=O)OC(C)(C)C)CC1. The zero-order valence-electron chi connectivity index (χ0n) is 15.7. The summed E-state index contributed by atoms with van der Waals surface area (Å²) in [4.78, 5) is 19.4. The number of piperazine rings is 1. The summed E-state index contributed by atoms with van der Waals surface area (Å²) >= 11 is 0. The first-order valence-electron chi connectivity index (χ1n) is 9.17. The molecule has 2 saturated heterocycles. The maximum atomic E-state index is 12.4. The van der Waals surface area contributed by atoms with Crippen LogP contribution < -0.4 is 0 Å². The average Bonchev–Trinajstić information content (AvgIpc) is 2.70. The van der Waals surface area contributed by atoms with E-state index in [0.717, 1.165) is 52.1 Å². The molecule has 2 aliphatic heterocycles. The molecule has 0 saturated carbocycles. The fourth-order valence-electron chi connectivity index (χ4n) is 3.86. The van der Waals surface area contributed by atoms with Gasteiger partial charge in [0, 0.05) is 44.8 Å². The average molecular weight is 325 g/mol. The van der Waals surface area contributed by atoms with E-state index in [1.54, 1.807) is 0 Å². The summed E-state index contributed by atoms with van der Waals surface area (Å²) in [6.45, 7) is 14.3. The second kappa shape index (κ2) is 7.39. The molecule has 1 atom stereocenters. The van der Waals surface area contributed by atoms with Crippen molar-refractivity contribution in [3.63, 3.8) is 0 Å². The Morgan fingerprint density at radius 2 is 1.70 bits per heavy atom. The lowest BCUT2D eigenvalue weighted by molar-refractivity contribution is 0.0167. The number of ether oxygens (including phenoxy) is 1. The van der Waals surface area contributed by atoms with Gasteiger partial charge >= 0.3 is 6.09 Å². The van der Waals surface area contributed by atoms with Crippen molar-refractivity contribution in [2.45, 2.75) is 64.5 Å². The van der Waals surface area contributed by atoms with Crippen molar-refractivity contribution in [2.75, 3.05) is 46.3 Å². The van der Waals surface area contributed by atoms with Crippen LogP contribution in [-0.2, 0) is 4.74 Å². The van der Waals surface area contributed by atoms with E-state index in [1.165, 1.54) is 12.8 Å². The Kier molecular flexibility index (Phi) is 5.95. The number of rotatable bonds is 2. The van der Waals surface area contributed by atoms with E-state index in [2.05, 4.69) is 23.8 Å². The number of carbonyl (C=O) groups excluding carboxylic acids is 1. The van der Waals surface area contributed by atoms with Crippen molar-refractivity contribution in [1.29, 1.82) is 0 Å².